The number of nitrogens with one attached hydrogen (secondary N) is 1. The molecule has 0 unspecified atom stereocenters. The number of hydrogen-bond acceptors (Lipinski definition) is 2. The van der Waals surface area contributed by atoms with Gasteiger partial charge in [0.15, 0.2) is 0 Å². The van der Waals surface area contributed by atoms with E-state index in [0.29, 0.717) is 0 Å². The highest BCUT2D eigenvalue weighted by atomic mass is 14.8. The largest absolute Gasteiger partial charge is 0.346 e. The lowest BCUT2D eigenvalue weighted by molar-refractivity contribution is 0.712. The second-order valence-electron chi connectivity index (χ2n) is 1.57. The minimum absolute atomic E-state index is 0.756. The molecule has 2 nitrogen and oxygen atoms in total. The van der Waals surface area contributed by atoms with Crippen molar-refractivity contribution < 1.29 is 0 Å². The summed E-state index contributed by atoms with van der Waals surface area (Å²) in [6, 6.07) is 2.34. The van der Waals surface area contributed by atoms with Crippen LogP contribution in [-0.2, 0) is 0 Å². The molecule has 0 heterocycles. The van der Waals surface area contributed by atoms with Crippen LogP contribution in [0, 0.1) is 12.5 Å². The lowest BCUT2D eigenvalue weighted by atomic mass is 10.3. The minimum Gasteiger partial charge on any atom is -0.346 e. The van der Waals surface area contributed by atoms with Crippen LogP contribution in [0.15, 0.2) is 0 Å². The Bertz CT molecular complexity index is 73.1. The summed E-state index contributed by atoms with van der Waals surface area (Å²) in [6.07, 6.45) is 7.04. The standard InChI is InChI=1S/C6H12N2/c1-2-8-6-4-3-5-7/h1,8H,3-7H2. The van der Waals surface area contributed by atoms with E-state index in [1.165, 1.54) is 0 Å². The molecule has 2 heteroatoms. The average molecular weight is 112 g/mol. The fourth-order valence-corrected chi connectivity index (χ4v) is 0.430. The van der Waals surface area contributed by atoms with Gasteiger partial charge in [-0.25, -0.2) is 0 Å². The Kier molecular flexibility index (Phi) is 5.78. The zero-order valence-electron chi connectivity index (χ0n) is 4.98. The average Bonchev–Trinajstić information content (AvgIpc) is 1.81. The number of rotatable bonds is 4. The lowest BCUT2D eigenvalue weighted by Gasteiger charge is -1.94. The van der Waals surface area contributed by atoms with Gasteiger partial charge < -0.3 is 11.1 Å². The number of unbranched alkanes of at least 4 members (excludes halogenated alkanes) is 1. The summed E-state index contributed by atoms with van der Waals surface area (Å²) in [7, 11) is 0. The van der Waals surface area contributed by atoms with Gasteiger partial charge in [0.2, 0.25) is 0 Å². The molecule has 0 radical (unpaired) electrons. The monoisotopic (exact) mass is 112 g/mol. The van der Waals surface area contributed by atoms with Gasteiger partial charge in [-0.15, -0.1) is 0 Å². The highest BCUT2D eigenvalue weighted by Gasteiger charge is 1.80. The SMILES string of the molecule is C#CNCCCCN. The molecule has 0 aliphatic heterocycles. The smallest absolute Gasteiger partial charge is 0.0230 e. The van der Waals surface area contributed by atoms with E-state index in [2.05, 4.69) is 11.4 Å². The van der Waals surface area contributed by atoms with Crippen molar-refractivity contribution in [3.8, 4) is 12.5 Å². The zero-order chi connectivity index (χ0) is 6.24. The van der Waals surface area contributed by atoms with Crippen LogP contribution in [-0.4, -0.2) is 13.1 Å². The summed E-state index contributed by atoms with van der Waals surface area (Å²) in [5, 5.41) is 2.76. The van der Waals surface area contributed by atoms with Crippen LogP contribution in [0.25, 0.3) is 0 Å². The Labute approximate surface area is 50.5 Å². The molecule has 0 fully saturated rings. The van der Waals surface area contributed by atoms with E-state index in [9.17, 15) is 0 Å². The maximum Gasteiger partial charge on any atom is 0.0230 e. The molecular formula is C6H12N2. The summed E-state index contributed by atoms with van der Waals surface area (Å²) in [5.74, 6) is 0. The van der Waals surface area contributed by atoms with Crippen molar-refractivity contribution in [1.82, 2.24) is 5.32 Å². The van der Waals surface area contributed by atoms with Gasteiger partial charge in [-0.2, -0.15) is 0 Å². The normalized spacial score (nSPS) is 8.00. The fourth-order valence-electron chi connectivity index (χ4n) is 0.430. The lowest BCUT2D eigenvalue weighted by Crippen LogP contribution is -2.09. The number of nitrogens with two attached hydrogens (primary N) is 1. The molecular weight excluding hydrogens is 100 g/mol. The summed E-state index contributed by atoms with van der Waals surface area (Å²) in [4.78, 5) is 0. The van der Waals surface area contributed by atoms with E-state index >= 15 is 0 Å². The summed E-state index contributed by atoms with van der Waals surface area (Å²) >= 11 is 0. The van der Waals surface area contributed by atoms with E-state index in [-0.39, 0.29) is 0 Å². The van der Waals surface area contributed by atoms with Crippen molar-refractivity contribution >= 4 is 0 Å². The van der Waals surface area contributed by atoms with Crippen molar-refractivity contribution in [3.05, 3.63) is 0 Å². The van der Waals surface area contributed by atoms with Crippen molar-refractivity contribution in [2.24, 2.45) is 5.73 Å². The van der Waals surface area contributed by atoms with Gasteiger partial charge in [0, 0.05) is 12.6 Å². The topological polar surface area (TPSA) is 38.0 Å². The van der Waals surface area contributed by atoms with Crippen LogP contribution in [0.4, 0.5) is 0 Å². The van der Waals surface area contributed by atoms with Crippen LogP contribution in [0.5, 0.6) is 0 Å². The van der Waals surface area contributed by atoms with Crippen LogP contribution >= 0.6 is 0 Å². The molecule has 0 saturated carbocycles. The molecule has 0 aromatic heterocycles. The highest BCUT2D eigenvalue weighted by molar-refractivity contribution is 4.79. The molecule has 0 aromatic carbocycles. The first-order valence-electron chi connectivity index (χ1n) is 2.80. The predicted octanol–water partition coefficient (Wildman–Crippen LogP) is -0.0944. The quantitative estimate of drug-likeness (QED) is 0.303. The van der Waals surface area contributed by atoms with Gasteiger partial charge in [0.1, 0.15) is 0 Å². The predicted molar refractivity (Wildman–Crippen MR) is 35.1 cm³/mol. The van der Waals surface area contributed by atoms with Gasteiger partial charge in [-0.1, -0.05) is 6.42 Å². The Hall–Kier alpha value is -0.680. The minimum atomic E-state index is 0.756. The molecule has 46 valence electrons. The maximum atomic E-state index is 5.23. The Morgan fingerprint density at radius 1 is 1.50 bits per heavy atom. The van der Waals surface area contributed by atoms with Crippen molar-refractivity contribution in [2.45, 2.75) is 12.8 Å². The van der Waals surface area contributed by atoms with Gasteiger partial charge in [0.05, 0.1) is 0 Å². The molecule has 0 rings (SSSR count). The fraction of sp³-hybridized carbons (Fsp3) is 0.667. The Morgan fingerprint density at radius 3 is 2.75 bits per heavy atom. The van der Waals surface area contributed by atoms with Crippen LogP contribution < -0.4 is 11.1 Å². The molecule has 0 aliphatic rings. The third kappa shape index (κ3) is 5.32. The van der Waals surface area contributed by atoms with Gasteiger partial charge in [-0.05, 0) is 19.4 Å². The second-order valence-corrected chi connectivity index (χ2v) is 1.57. The number of terminal acetylenes is 1. The van der Waals surface area contributed by atoms with Crippen molar-refractivity contribution in [3.63, 3.8) is 0 Å². The molecule has 0 bridgehead atoms. The first-order valence-corrected chi connectivity index (χ1v) is 2.80. The third-order valence-electron chi connectivity index (χ3n) is 0.858. The van der Waals surface area contributed by atoms with E-state index in [1.54, 1.807) is 0 Å². The molecule has 0 aliphatic carbocycles. The highest BCUT2D eigenvalue weighted by Crippen LogP contribution is 1.79. The molecule has 8 heavy (non-hydrogen) atoms. The van der Waals surface area contributed by atoms with E-state index < -0.39 is 0 Å². The van der Waals surface area contributed by atoms with Crippen molar-refractivity contribution in [2.75, 3.05) is 13.1 Å². The molecule has 3 N–H and O–H groups in total. The molecule has 0 saturated heterocycles. The first-order chi connectivity index (χ1) is 3.91. The van der Waals surface area contributed by atoms with Gasteiger partial charge >= 0.3 is 0 Å². The van der Waals surface area contributed by atoms with Crippen LogP contribution in [0.2, 0.25) is 0 Å². The molecule has 0 amide bonds. The second kappa shape index (κ2) is 6.32. The van der Waals surface area contributed by atoms with E-state index in [0.717, 1.165) is 25.9 Å². The van der Waals surface area contributed by atoms with Gasteiger partial charge in [0.25, 0.3) is 0 Å². The Morgan fingerprint density at radius 2 is 2.25 bits per heavy atom. The molecule has 0 aromatic rings. The van der Waals surface area contributed by atoms with Crippen LogP contribution in [0.1, 0.15) is 12.8 Å². The van der Waals surface area contributed by atoms with E-state index in [1.807, 2.05) is 0 Å². The first kappa shape index (κ1) is 7.32. The maximum absolute atomic E-state index is 5.23. The Balaban J connectivity index is 2.65. The van der Waals surface area contributed by atoms with Gasteiger partial charge in [-0.3, -0.25) is 0 Å². The summed E-state index contributed by atoms with van der Waals surface area (Å²) < 4.78 is 0. The third-order valence-corrected chi connectivity index (χ3v) is 0.858. The summed E-state index contributed by atoms with van der Waals surface area (Å²) in [6.45, 7) is 1.64. The summed E-state index contributed by atoms with van der Waals surface area (Å²) in [5.41, 5.74) is 5.23. The number of hydrogen-bond donors (Lipinski definition) is 2. The molecule has 0 spiro atoms. The van der Waals surface area contributed by atoms with Crippen molar-refractivity contribution in [1.29, 1.82) is 0 Å². The zero-order valence-corrected chi connectivity index (χ0v) is 4.98. The molecule has 0 atom stereocenters. The van der Waals surface area contributed by atoms with Crippen LogP contribution in [0.3, 0.4) is 0 Å². The van der Waals surface area contributed by atoms with E-state index in [4.69, 9.17) is 12.2 Å².